The van der Waals surface area contributed by atoms with Gasteiger partial charge >= 0.3 is 6.09 Å². The van der Waals surface area contributed by atoms with Crippen LogP contribution in [0.1, 0.15) is 18.1 Å². The van der Waals surface area contributed by atoms with Crippen LogP contribution in [0.15, 0.2) is 35.3 Å². The highest BCUT2D eigenvalue weighted by atomic mass is 35.5. The second-order valence-corrected chi connectivity index (χ2v) is 7.74. The Hall–Kier alpha value is -2.22. The largest absolute Gasteiger partial charge is 0.503 e. The summed E-state index contributed by atoms with van der Waals surface area (Å²) in [4.78, 5) is 28.1. The van der Waals surface area contributed by atoms with Gasteiger partial charge in [0, 0.05) is 54.5 Å². The Balaban J connectivity index is 1.66. The summed E-state index contributed by atoms with van der Waals surface area (Å²) in [7, 11) is 0. The topological polar surface area (TPSA) is 75.0 Å². The number of halogens is 2. The molecule has 1 amide bonds. The summed E-state index contributed by atoms with van der Waals surface area (Å²) in [5.41, 5.74) is 0.857. The van der Waals surface area contributed by atoms with E-state index in [1.54, 1.807) is 42.3 Å². The minimum absolute atomic E-state index is 0.255. The van der Waals surface area contributed by atoms with Crippen molar-refractivity contribution in [3.05, 3.63) is 62.0 Å². The summed E-state index contributed by atoms with van der Waals surface area (Å²) in [5, 5.41) is 11.4. The zero-order valence-electron chi connectivity index (χ0n) is 16.1. The average Bonchev–Trinajstić information content (AvgIpc) is 2.68. The van der Waals surface area contributed by atoms with Crippen LogP contribution >= 0.6 is 23.2 Å². The molecule has 0 radical (unpaired) electrons. The Morgan fingerprint density at radius 3 is 2.38 bits per heavy atom. The lowest BCUT2D eigenvalue weighted by Crippen LogP contribution is -2.48. The molecule has 1 fully saturated rings. The Morgan fingerprint density at radius 1 is 1.10 bits per heavy atom. The van der Waals surface area contributed by atoms with Crippen LogP contribution in [0.3, 0.4) is 0 Å². The Bertz CT molecular complexity index is 920. The maximum atomic E-state index is 12.6. The average molecular weight is 440 g/mol. The summed E-state index contributed by atoms with van der Waals surface area (Å²) in [5.74, 6) is -0.270. The van der Waals surface area contributed by atoms with Crippen LogP contribution in [0.4, 0.5) is 4.79 Å². The maximum absolute atomic E-state index is 12.6. The van der Waals surface area contributed by atoms with E-state index in [0.717, 1.165) is 5.56 Å². The quantitative estimate of drug-likeness (QED) is 0.773. The van der Waals surface area contributed by atoms with E-state index in [1.165, 1.54) is 4.57 Å². The number of benzene rings is 1. The summed E-state index contributed by atoms with van der Waals surface area (Å²) in [6, 6.07) is 6.82. The number of pyridine rings is 1. The van der Waals surface area contributed by atoms with Crippen molar-refractivity contribution in [2.75, 3.05) is 32.8 Å². The highest BCUT2D eigenvalue weighted by molar-refractivity contribution is 6.34. The molecule has 7 nitrogen and oxygen atoms in total. The molecule has 1 saturated heterocycles. The third-order valence-corrected chi connectivity index (χ3v) is 5.23. The van der Waals surface area contributed by atoms with Gasteiger partial charge in [-0.25, -0.2) is 4.79 Å². The van der Waals surface area contributed by atoms with E-state index in [-0.39, 0.29) is 18.4 Å². The van der Waals surface area contributed by atoms with Gasteiger partial charge in [-0.1, -0.05) is 23.2 Å². The van der Waals surface area contributed by atoms with Gasteiger partial charge in [0.1, 0.15) is 0 Å². The molecule has 0 spiro atoms. The van der Waals surface area contributed by atoms with Crippen LogP contribution < -0.4 is 5.56 Å². The van der Waals surface area contributed by atoms with E-state index in [2.05, 4.69) is 4.90 Å². The summed E-state index contributed by atoms with van der Waals surface area (Å²) < 4.78 is 6.43. The van der Waals surface area contributed by atoms with Gasteiger partial charge in [-0.2, -0.15) is 0 Å². The molecular formula is C20H23Cl2N3O4. The molecule has 156 valence electrons. The van der Waals surface area contributed by atoms with E-state index in [1.807, 2.05) is 0 Å². The van der Waals surface area contributed by atoms with Crippen LogP contribution in [-0.4, -0.2) is 58.4 Å². The van der Waals surface area contributed by atoms with E-state index in [0.29, 0.717) is 54.9 Å². The molecule has 29 heavy (non-hydrogen) atoms. The Morgan fingerprint density at radius 2 is 1.76 bits per heavy atom. The molecule has 1 aromatic heterocycles. The number of amides is 1. The summed E-state index contributed by atoms with van der Waals surface area (Å²) in [6.07, 6.45) is 1.35. The molecule has 0 saturated carbocycles. The molecule has 9 heteroatoms. The molecule has 0 atom stereocenters. The minimum atomic E-state index is -0.469. The van der Waals surface area contributed by atoms with Crippen molar-refractivity contribution in [2.24, 2.45) is 0 Å². The number of rotatable bonds is 5. The number of carbonyl (C=O) groups is 1. The highest BCUT2D eigenvalue weighted by Crippen LogP contribution is 2.20. The van der Waals surface area contributed by atoms with Crippen LogP contribution in [0, 0.1) is 0 Å². The van der Waals surface area contributed by atoms with Gasteiger partial charge in [0.25, 0.3) is 5.56 Å². The monoisotopic (exact) mass is 439 g/mol. The lowest BCUT2D eigenvalue weighted by atomic mass is 10.2. The van der Waals surface area contributed by atoms with Gasteiger partial charge in [-0.05, 0) is 36.8 Å². The number of carbonyl (C=O) groups excluding carboxylic acids is 1. The Labute approximate surface area is 179 Å². The van der Waals surface area contributed by atoms with Crippen LogP contribution in [-0.2, 0) is 17.8 Å². The number of piperazine rings is 1. The first kappa shape index (κ1) is 21.5. The van der Waals surface area contributed by atoms with Crippen molar-refractivity contribution in [2.45, 2.75) is 20.0 Å². The van der Waals surface area contributed by atoms with Gasteiger partial charge < -0.3 is 19.3 Å². The van der Waals surface area contributed by atoms with E-state index in [9.17, 15) is 14.7 Å². The first-order chi connectivity index (χ1) is 13.9. The van der Waals surface area contributed by atoms with Crippen molar-refractivity contribution in [3.63, 3.8) is 0 Å². The molecule has 0 unspecified atom stereocenters. The van der Waals surface area contributed by atoms with Gasteiger partial charge in [0.2, 0.25) is 0 Å². The maximum Gasteiger partial charge on any atom is 0.409 e. The predicted octanol–water partition coefficient (Wildman–Crippen LogP) is 3.18. The Kier molecular flexibility index (Phi) is 7.05. The van der Waals surface area contributed by atoms with Gasteiger partial charge in [0.15, 0.2) is 5.75 Å². The minimum Gasteiger partial charge on any atom is -0.503 e. The van der Waals surface area contributed by atoms with Crippen molar-refractivity contribution in [1.29, 1.82) is 0 Å². The molecular weight excluding hydrogens is 417 g/mol. The van der Waals surface area contributed by atoms with Crippen molar-refractivity contribution >= 4 is 29.3 Å². The fraction of sp³-hybridized carbons (Fsp3) is 0.400. The van der Waals surface area contributed by atoms with Crippen LogP contribution in [0.5, 0.6) is 5.75 Å². The molecule has 3 rings (SSSR count). The second kappa shape index (κ2) is 9.52. The van der Waals surface area contributed by atoms with Crippen molar-refractivity contribution in [1.82, 2.24) is 14.4 Å². The number of nitrogens with zero attached hydrogens (tertiary/aromatic N) is 3. The first-order valence-corrected chi connectivity index (χ1v) is 10.1. The number of hydrogen-bond donors (Lipinski definition) is 1. The first-order valence-electron chi connectivity index (χ1n) is 9.37. The van der Waals surface area contributed by atoms with E-state index >= 15 is 0 Å². The number of aromatic hydroxyl groups is 1. The third kappa shape index (κ3) is 5.44. The predicted molar refractivity (Wildman–Crippen MR) is 112 cm³/mol. The molecule has 2 heterocycles. The van der Waals surface area contributed by atoms with Crippen molar-refractivity contribution in [3.8, 4) is 5.75 Å². The normalized spacial score (nSPS) is 14.8. The highest BCUT2D eigenvalue weighted by Gasteiger charge is 2.23. The number of ether oxygens (including phenoxy) is 1. The molecule has 0 aliphatic carbocycles. The van der Waals surface area contributed by atoms with Crippen LogP contribution in [0.25, 0.3) is 0 Å². The number of hydrogen-bond acceptors (Lipinski definition) is 5. The second-order valence-electron chi connectivity index (χ2n) is 6.86. The molecule has 1 aliphatic rings. The number of aromatic nitrogens is 1. The van der Waals surface area contributed by atoms with Gasteiger partial charge in [-0.3, -0.25) is 9.69 Å². The summed E-state index contributed by atoms with van der Waals surface area (Å²) in [6.45, 7) is 5.19. The standard InChI is InChI=1S/C20H23Cl2N3O4/c1-2-29-20(28)24-7-5-23(6-8-24)13-15-3-4-25(19(27)18(15)26)12-14-9-16(21)11-17(22)10-14/h3-4,9-11,26H,2,5-8,12-13H2,1H3. The lowest BCUT2D eigenvalue weighted by molar-refractivity contribution is 0.0776. The summed E-state index contributed by atoms with van der Waals surface area (Å²) >= 11 is 12.0. The van der Waals surface area contributed by atoms with E-state index < -0.39 is 5.56 Å². The van der Waals surface area contributed by atoms with Gasteiger partial charge in [-0.15, -0.1) is 0 Å². The molecule has 2 aromatic rings. The molecule has 1 aromatic carbocycles. The zero-order valence-corrected chi connectivity index (χ0v) is 17.6. The van der Waals surface area contributed by atoms with Gasteiger partial charge in [0.05, 0.1) is 13.2 Å². The molecule has 1 N–H and O–H groups in total. The smallest absolute Gasteiger partial charge is 0.409 e. The van der Waals surface area contributed by atoms with E-state index in [4.69, 9.17) is 27.9 Å². The zero-order chi connectivity index (χ0) is 21.0. The lowest BCUT2D eigenvalue weighted by Gasteiger charge is -2.34. The SMILES string of the molecule is CCOC(=O)N1CCN(Cc2ccn(Cc3cc(Cl)cc(Cl)c3)c(=O)c2O)CC1. The molecule has 0 bridgehead atoms. The fourth-order valence-electron chi connectivity index (χ4n) is 3.30. The third-order valence-electron chi connectivity index (χ3n) is 4.79. The molecule has 1 aliphatic heterocycles. The van der Waals surface area contributed by atoms with Crippen molar-refractivity contribution < 1.29 is 14.6 Å². The fourth-order valence-corrected chi connectivity index (χ4v) is 3.87. The van der Waals surface area contributed by atoms with Crippen LogP contribution in [0.2, 0.25) is 10.0 Å².